The summed E-state index contributed by atoms with van der Waals surface area (Å²) in [7, 11) is 6.08. The van der Waals surface area contributed by atoms with E-state index in [1.807, 2.05) is 0 Å². The molecule has 0 aliphatic carbocycles. The Morgan fingerprint density at radius 1 is 0.476 bits per heavy atom. The average Bonchev–Trinajstić information content (AvgIpc) is 2.96. The monoisotopic (exact) mass is 666 g/mol. The van der Waals surface area contributed by atoms with Crippen molar-refractivity contribution in [3.05, 3.63) is 56.5 Å². The van der Waals surface area contributed by atoms with Gasteiger partial charge in [0.05, 0.1) is 60.7 Å². The van der Waals surface area contributed by atoms with E-state index in [2.05, 4.69) is 0 Å². The molecule has 10 nitrogen and oxygen atoms in total. The van der Waals surface area contributed by atoms with Crippen LogP contribution in [0.15, 0.2) is 36.4 Å². The minimum Gasteiger partial charge on any atom is -0.496 e. The molecule has 0 aliphatic rings. The molecule has 0 aromatic heterocycles. The number of rotatable bonds is 18. The normalized spacial score (nSPS) is 10.9. The van der Waals surface area contributed by atoms with E-state index >= 15 is 0 Å². The zero-order chi connectivity index (χ0) is 30.5. The van der Waals surface area contributed by atoms with Crippen molar-refractivity contribution < 1.29 is 47.4 Å². The first-order valence-electron chi connectivity index (χ1n) is 12.3. The maximum atomic E-state index is 6.49. The van der Waals surface area contributed by atoms with Crippen molar-refractivity contribution in [1.29, 1.82) is 0 Å². The van der Waals surface area contributed by atoms with Crippen LogP contribution >= 0.6 is 46.4 Å². The van der Waals surface area contributed by atoms with Crippen LogP contribution in [0.1, 0.15) is 0 Å². The van der Waals surface area contributed by atoms with Crippen molar-refractivity contribution >= 4 is 46.4 Å². The Balaban J connectivity index is 1.83. The second-order valence-electron chi connectivity index (χ2n) is 8.12. The molecule has 3 rings (SSSR count). The summed E-state index contributed by atoms with van der Waals surface area (Å²) in [6.45, 7) is 1.60. The molecule has 0 fully saturated rings. The Kier molecular flexibility index (Phi) is 14.2. The molecule has 0 amide bonds. The molecule has 3 aromatic rings. The lowest BCUT2D eigenvalue weighted by Crippen LogP contribution is -2.07. The van der Waals surface area contributed by atoms with Gasteiger partial charge in [0.25, 0.3) is 0 Å². The SMILES string of the molecule is COCCOCOc1cc(Cl)c(Oc2cc(OC)cc(Oc3c(Cl)cc(OCOCCOC)cc3Cl)c2OC)c(Cl)c1. The van der Waals surface area contributed by atoms with Gasteiger partial charge in [0, 0.05) is 50.6 Å². The van der Waals surface area contributed by atoms with Crippen molar-refractivity contribution in [2.75, 3.05) is 68.5 Å². The van der Waals surface area contributed by atoms with Gasteiger partial charge in [-0.15, -0.1) is 0 Å². The number of ether oxygens (including phenoxy) is 10. The average molecular weight is 668 g/mol. The van der Waals surface area contributed by atoms with Gasteiger partial charge in [0.1, 0.15) is 17.2 Å². The lowest BCUT2D eigenvalue weighted by molar-refractivity contribution is -0.00857. The maximum absolute atomic E-state index is 6.49. The molecule has 0 heterocycles. The number of methoxy groups -OCH3 is 4. The van der Waals surface area contributed by atoms with Gasteiger partial charge >= 0.3 is 0 Å². The number of hydrogen-bond donors (Lipinski definition) is 0. The Hall–Kier alpha value is -2.54. The van der Waals surface area contributed by atoms with Crippen LogP contribution in [-0.4, -0.2) is 68.5 Å². The molecule has 42 heavy (non-hydrogen) atoms. The molecule has 0 saturated heterocycles. The number of benzene rings is 3. The molecule has 14 heteroatoms. The van der Waals surface area contributed by atoms with Crippen molar-refractivity contribution in [1.82, 2.24) is 0 Å². The van der Waals surface area contributed by atoms with Crippen molar-refractivity contribution in [2.45, 2.75) is 0 Å². The molecule has 0 radical (unpaired) electrons. The molecule has 0 spiro atoms. The smallest absolute Gasteiger partial charge is 0.204 e. The van der Waals surface area contributed by atoms with Crippen molar-refractivity contribution in [3.8, 4) is 46.0 Å². The molecule has 0 unspecified atom stereocenters. The first-order chi connectivity index (χ1) is 20.3. The molecular formula is C28H30Cl4O10. The van der Waals surface area contributed by atoms with E-state index in [9.17, 15) is 0 Å². The van der Waals surface area contributed by atoms with Crippen LogP contribution in [0.2, 0.25) is 20.1 Å². The van der Waals surface area contributed by atoms with E-state index in [0.29, 0.717) is 43.7 Å². The molecule has 230 valence electrons. The second kappa shape index (κ2) is 17.5. The molecule has 0 bridgehead atoms. The van der Waals surface area contributed by atoms with E-state index in [-0.39, 0.29) is 62.4 Å². The van der Waals surface area contributed by atoms with Crippen LogP contribution in [0.3, 0.4) is 0 Å². The summed E-state index contributed by atoms with van der Waals surface area (Å²) in [6.07, 6.45) is 0. The fourth-order valence-corrected chi connectivity index (χ4v) is 4.39. The quantitative estimate of drug-likeness (QED) is 0.0984. The van der Waals surface area contributed by atoms with Gasteiger partial charge in [-0.05, 0) is 0 Å². The molecular weight excluding hydrogens is 638 g/mol. The molecule has 0 atom stereocenters. The van der Waals surface area contributed by atoms with Gasteiger partial charge in [0.15, 0.2) is 36.6 Å². The summed E-state index contributed by atoms with van der Waals surface area (Å²) >= 11 is 26.0. The van der Waals surface area contributed by atoms with Gasteiger partial charge in [-0.1, -0.05) is 46.4 Å². The summed E-state index contributed by atoms with van der Waals surface area (Å²) in [5.74, 6) is 2.00. The minimum atomic E-state index is -0.0129. The summed E-state index contributed by atoms with van der Waals surface area (Å²) in [5.41, 5.74) is 0. The Labute approximate surface area is 264 Å². The van der Waals surface area contributed by atoms with E-state index in [4.69, 9.17) is 93.8 Å². The molecule has 0 saturated carbocycles. The fraction of sp³-hybridized carbons (Fsp3) is 0.357. The van der Waals surface area contributed by atoms with Crippen LogP contribution < -0.4 is 28.4 Å². The van der Waals surface area contributed by atoms with Crippen LogP contribution in [0.25, 0.3) is 0 Å². The molecule has 3 aromatic carbocycles. The highest BCUT2D eigenvalue weighted by Gasteiger charge is 2.22. The third-order valence-electron chi connectivity index (χ3n) is 5.28. The predicted molar refractivity (Wildman–Crippen MR) is 159 cm³/mol. The Morgan fingerprint density at radius 3 is 1.21 bits per heavy atom. The first kappa shape index (κ1) is 34.0. The summed E-state index contributed by atoms with van der Waals surface area (Å²) in [6, 6.07) is 9.32. The minimum absolute atomic E-state index is 0.0129. The van der Waals surface area contributed by atoms with Gasteiger partial charge in [-0.25, -0.2) is 0 Å². The topological polar surface area (TPSA) is 92.3 Å². The third-order valence-corrected chi connectivity index (χ3v) is 6.41. The standard InChI is InChI=1S/C28H30Cl4O10/c1-33-5-7-37-15-39-18-9-20(29)26(21(30)10-18)41-24-13-17(35-3)14-25(28(24)36-4)42-27-22(31)11-19(12-23(27)32)40-16-38-8-6-34-2/h9-14H,5-8,15-16H2,1-4H3. The Morgan fingerprint density at radius 2 is 0.881 bits per heavy atom. The lowest BCUT2D eigenvalue weighted by atomic mass is 10.2. The predicted octanol–water partition coefficient (Wildman–Crippen LogP) is 7.90. The van der Waals surface area contributed by atoms with Crippen molar-refractivity contribution in [2.24, 2.45) is 0 Å². The van der Waals surface area contributed by atoms with E-state index in [1.54, 1.807) is 26.4 Å². The highest BCUT2D eigenvalue weighted by Crippen LogP contribution is 2.49. The highest BCUT2D eigenvalue weighted by atomic mass is 35.5. The third kappa shape index (κ3) is 9.75. The van der Waals surface area contributed by atoms with Crippen molar-refractivity contribution in [3.63, 3.8) is 0 Å². The number of hydrogen-bond acceptors (Lipinski definition) is 10. The summed E-state index contributed by atoms with van der Waals surface area (Å²) < 4.78 is 54.8. The van der Waals surface area contributed by atoms with Crippen LogP contribution in [0.5, 0.6) is 46.0 Å². The van der Waals surface area contributed by atoms with Gasteiger partial charge in [-0.2, -0.15) is 0 Å². The maximum Gasteiger partial charge on any atom is 0.204 e. The van der Waals surface area contributed by atoms with E-state index in [0.717, 1.165) is 0 Å². The zero-order valence-electron chi connectivity index (χ0n) is 23.3. The van der Waals surface area contributed by atoms with Crippen LogP contribution in [0, 0.1) is 0 Å². The molecule has 0 aliphatic heterocycles. The zero-order valence-corrected chi connectivity index (χ0v) is 26.3. The van der Waals surface area contributed by atoms with E-state index in [1.165, 1.54) is 38.5 Å². The van der Waals surface area contributed by atoms with E-state index < -0.39 is 0 Å². The van der Waals surface area contributed by atoms with Crippen LogP contribution in [0.4, 0.5) is 0 Å². The number of halogens is 4. The Bertz CT molecular complexity index is 1170. The molecule has 0 N–H and O–H groups in total. The summed E-state index contributed by atoms with van der Waals surface area (Å²) in [4.78, 5) is 0. The first-order valence-corrected chi connectivity index (χ1v) is 13.8. The summed E-state index contributed by atoms with van der Waals surface area (Å²) in [5, 5.41) is 0.702. The highest BCUT2D eigenvalue weighted by molar-refractivity contribution is 6.38. The van der Waals surface area contributed by atoms with Crippen LogP contribution in [-0.2, 0) is 18.9 Å². The van der Waals surface area contributed by atoms with Gasteiger partial charge in [-0.3, -0.25) is 0 Å². The second-order valence-corrected chi connectivity index (χ2v) is 9.75. The lowest BCUT2D eigenvalue weighted by Gasteiger charge is -2.19. The largest absolute Gasteiger partial charge is 0.496 e. The fourth-order valence-electron chi connectivity index (χ4n) is 3.30. The van der Waals surface area contributed by atoms with Gasteiger partial charge in [0.2, 0.25) is 5.75 Å². The van der Waals surface area contributed by atoms with Gasteiger partial charge < -0.3 is 47.4 Å².